The molecule has 0 atom stereocenters. The number of carbonyl (C=O) groups is 1. The van der Waals surface area contributed by atoms with E-state index in [0.29, 0.717) is 28.7 Å². The number of halogens is 1. The molecule has 0 saturated carbocycles. The van der Waals surface area contributed by atoms with E-state index in [1.165, 1.54) is 19.2 Å². The Hall–Kier alpha value is -2.44. The summed E-state index contributed by atoms with van der Waals surface area (Å²) in [5.41, 5.74) is 1.49. The van der Waals surface area contributed by atoms with Crippen molar-refractivity contribution in [3.63, 3.8) is 0 Å². The lowest BCUT2D eigenvalue weighted by Crippen LogP contribution is -2.14. The first-order chi connectivity index (χ1) is 11.6. The van der Waals surface area contributed by atoms with Crippen molar-refractivity contribution in [2.75, 3.05) is 13.9 Å². The van der Waals surface area contributed by atoms with Crippen LogP contribution in [0.2, 0.25) is 5.02 Å². The van der Waals surface area contributed by atoms with Crippen molar-refractivity contribution in [1.82, 2.24) is 0 Å². The van der Waals surface area contributed by atoms with E-state index >= 15 is 0 Å². The Morgan fingerprint density at radius 3 is 2.92 bits per heavy atom. The van der Waals surface area contributed by atoms with Crippen LogP contribution in [-0.2, 0) is 22.7 Å². The number of phenolic OH excluding ortho intramolecular Hbond substituents is 1. The second-order valence-electron chi connectivity index (χ2n) is 5.12. The van der Waals surface area contributed by atoms with E-state index in [4.69, 9.17) is 30.5 Å². The SMILES string of the molecule is COc1ccc(C(=O)OCc2cc(Cl)cc3c2OCOC3)c(O)c1. The van der Waals surface area contributed by atoms with Crippen molar-refractivity contribution in [3.8, 4) is 17.2 Å². The molecule has 0 amide bonds. The van der Waals surface area contributed by atoms with Crippen molar-refractivity contribution >= 4 is 17.6 Å². The molecule has 1 N–H and O–H groups in total. The first kappa shape index (κ1) is 16.4. The number of hydrogen-bond donors (Lipinski definition) is 1. The van der Waals surface area contributed by atoms with Crippen LogP contribution in [0.25, 0.3) is 0 Å². The number of benzene rings is 2. The molecule has 1 heterocycles. The van der Waals surface area contributed by atoms with Crippen molar-refractivity contribution in [1.29, 1.82) is 0 Å². The van der Waals surface area contributed by atoms with Crippen molar-refractivity contribution in [3.05, 3.63) is 52.0 Å². The number of rotatable bonds is 4. The van der Waals surface area contributed by atoms with Gasteiger partial charge in [-0.05, 0) is 24.3 Å². The van der Waals surface area contributed by atoms with Gasteiger partial charge in [0.25, 0.3) is 0 Å². The fraction of sp³-hybridized carbons (Fsp3) is 0.235. The minimum Gasteiger partial charge on any atom is -0.507 e. The zero-order chi connectivity index (χ0) is 17.1. The highest BCUT2D eigenvalue weighted by Crippen LogP contribution is 2.32. The van der Waals surface area contributed by atoms with Gasteiger partial charge in [0, 0.05) is 22.2 Å². The van der Waals surface area contributed by atoms with Gasteiger partial charge in [0.1, 0.15) is 29.4 Å². The van der Waals surface area contributed by atoms with Gasteiger partial charge in [-0.25, -0.2) is 4.79 Å². The number of ether oxygens (including phenoxy) is 4. The Balaban J connectivity index is 1.76. The predicted octanol–water partition coefficient (Wildman–Crippen LogP) is 3.28. The van der Waals surface area contributed by atoms with E-state index < -0.39 is 5.97 Å². The maximum atomic E-state index is 12.2. The van der Waals surface area contributed by atoms with Gasteiger partial charge in [0.2, 0.25) is 0 Å². The number of hydrogen-bond acceptors (Lipinski definition) is 6. The Bertz CT molecular complexity index is 774. The van der Waals surface area contributed by atoms with E-state index in [9.17, 15) is 9.90 Å². The Morgan fingerprint density at radius 2 is 2.17 bits per heavy atom. The summed E-state index contributed by atoms with van der Waals surface area (Å²) in [5.74, 6) is 0.187. The monoisotopic (exact) mass is 350 g/mol. The summed E-state index contributed by atoms with van der Waals surface area (Å²) >= 11 is 6.07. The van der Waals surface area contributed by atoms with Crippen LogP contribution in [0.3, 0.4) is 0 Å². The second kappa shape index (κ2) is 6.98. The molecule has 24 heavy (non-hydrogen) atoms. The summed E-state index contributed by atoms with van der Waals surface area (Å²) in [6.07, 6.45) is 0. The van der Waals surface area contributed by atoms with Gasteiger partial charge in [0.05, 0.1) is 13.7 Å². The van der Waals surface area contributed by atoms with Gasteiger partial charge in [-0.15, -0.1) is 0 Å². The third-order valence-corrected chi connectivity index (χ3v) is 3.75. The van der Waals surface area contributed by atoms with Crippen molar-refractivity contribution in [2.24, 2.45) is 0 Å². The number of esters is 1. The van der Waals surface area contributed by atoms with Gasteiger partial charge in [-0.1, -0.05) is 11.6 Å². The zero-order valence-corrected chi connectivity index (χ0v) is 13.6. The summed E-state index contributed by atoms with van der Waals surface area (Å²) < 4.78 is 20.9. The summed E-state index contributed by atoms with van der Waals surface area (Å²) in [6, 6.07) is 7.77. The first-order valence-corrected chi connectivity index (χ1v) is 7.52. The molecular weight excluding hydrogens is 336 g/mol. The fourth-order valence-electron chi connectivity index (χ4n) is 2.40. The number of phenols is 1. The van der Waals surface area contributed by atoms with E-state index in [-0.39, 0.29) is 24.7 Å². The van der Waals surface area contributed by atoms with Crippen molar-refractivity contribution in [2.45, 2.75) is 13.2 Å². The third kappa shape index (κ3) is 3.39. The predicted molar refractivity (Wildman–Crippen MR) is 85.5 cm³/mol. The Morgan fingerprint density at radius 1 is 1.33 bits per heavy atom. The topological polar surface area (TPSA) is 74.2 Å². The molecule has 126 valence electrons. The van der Waals surface area contributed by atoms with Gasteiger partial charge in [0.15, 0.2) is 6.79 Å². The van der Waals surface area contributed by atoms with Crippen LogP contribution in [0, 0.1) is 0 Å². The number of carbonyl (C=O) groups excluding carboxylic acids is 1. The minimum atomic E-state index is -0.657. The maximum Gasteiger partial charge on any atom is 0.342 e. The van der Waals surface area contributed by atoms with Gasteiger partial charge < -0.3 is 24.1 Å². The van der Waals surface area contributed by atoms with Crippen LogP contribution >= 0.6 is 11.6 Å². The fourth-order valence-corrected chi connectivity index (χ4v) is 2.66. The summed E-state index contributed by atoms with van der Waals surface area (Å²) in [5, 5.41) is 10.4. The molecule has 2 aromatic carbocycles. The largest absolute Gasteiger partial charge is 0.507 e. The quantitative estimate of drug-likeness (QED) is 0.853. The summed E-state index contributed by atoms with van der Waals surface area (Å²) in [7, 11) is 1.47. The van der Waals surface area contributed by atoms with Gasteiger partial charge >= 0.3 is 5.97 Å². The normalized spacial score (nSPS) is 12.9. The average molecular weight is 351 g/mol. The van der Waals surface area contributed by atoms with Crippen LogP contribution in [-0.4, -0.2) is 25.0 Å². The molecular formula is C17H15ClO6. The standard InChI is InChI=1S/C17H15ClO6/c1-21-13-2-3-14(15(19)6-13)17(20)23-8-11-5-12(18)4-10-7-22-9-24-16(10)11/h2-6,19H,7-9H2,1H3. The molecule has 0 saturated heterocycles. The molecule has 7 heteroatoms. The molecule has 0 unspecified atom stereocenters. The number of fused-ring (bicyclic) bond motifs is 1. The Labute approximate surface area is 143 Å². The van der Waals surface area contributed by atoms with Gasteiger partial charge in [-0.3, -0.25) is 0 Å². The second-order valence-corrected chi connectivity index (χ2v) is 5.56. The van der Waals surface area contributed by atoms with Crippen molar-refractivity contribution < 1.29 is 28.8 Å². The summed E-state index contributed by atoms with van der Waals surface area (Å²) in [6.45, 7) is 0.484. The van der Waals surface area contributed by atoms with E-state index in [1.54, 1.807) is 18.2 Å². The highest BCUT2D eigenvalue weighted by Gasteiger charge is 2.19. The average Bonchev–Trinajstić information content (AvgIpc) is 2.59. The molecule has 2 aromatic rings. The minimum absolute atomic E-state index is 0.0345. The molecule has 1 aliphatic heterocycles. The van der Waals surface area contributed by atoms with Crippen LogP contribution in [0.15, 0.2) is 30.3 Å². The van der Waals surface area contributed by atoms with E-state index in [0.717, 1.165) is 5.56 Å². The molecule has 3 rings (SSSR count). The lowest BCUT2D eigenvalue weighted by molar-refractivity contribution is -0.0180. The van der Waals surface area contributed by atoms with Gasteiger partial charge in [-0.2, -0.15) is 0 Å². The molecule has 0 aromatic heterocycles. The van der Waals surface area contributed by atoms with Crippen LogP contribution in [0.5, 0.6) is 17.2 Å². The lowest BCUT2D eigenvalue weighted by Gasteiger charge is -2.21. The molecule has 0 bridgehead atoms. The number of aromatic hydroxyl groups is 1. The molecule has 1 aliphatic rings. The van der Waals surface area contributed by atoms with Crippen LogP contribution < -0.4 is 9.47 Å². The lowest BCUT2D eigenvalue weighted by atomic mass is 10.1. The molecule has 6 nitrogen and oxygen atoms in total. The maximum absolute atomic E-state index is 12.2. The summed E-state index contributed by atoms with van der Waals surface area (Å²) in [4.78, 5) is 12.2. The number of methoxy groups -OCH3 is 1. The highest BCUT2D eigenvalue weighted by molar-refractivity contribution is 6.30. The van der Waals surface area contributed by atoms with Crippen LogP contribution in [0.4, 0.5) is 0 Å². The molecule has 0 aliphatic carbocycles. The van der Waals surface area contributed by atoms with Crippen LogP contribution in [0.1, 0.15) is 21.5 Å². The molecule has 0 spiro atoms. The Kier molecular flexibility index (Phi) is 4.78. The molecule has 0 radical (unpaired) electrons. The first-order valence-electron chi connectivity index (χ1n) is 7.14. The molecule has 0 fully saturated rings. The van der Waals surface area contributed by atoms with E-state index in [2.05, 4.69) is 0 Å². The smallest absolute Gasteiger partial charge is 0.342 e. The third-order valence-electron chi connectivity index (χ3n) is 3.54. The zero-order valence-electron chi connectivity index (χ0n) is 12.9. The van der Waals surface area contributed by atoms with E-state index in [1.807, 2.05) is 0 Å². The highest BCUT2D eigenvalue weighted by atomic mass is 35.5.